The maximum absolute atomic E-state index is 9.35. The van der Waals surface area contributed by atoms with Gasteiger partial charge in [-0.25, -0.2) is 9.97 Å². The molecular weight excluding hydrogens is 300 g/mol. The van der Waals surface area contributed by atoms with Crippen molar-refractivity contribution in [2.45, 2.75) is 44.6 Å². The van der Waals surface area contributed by atoms with Crippen molar-refractivity contribution in [3.05, 3.63) is 31.0 Å². The third-order valence-electron chi connectivity index (χ3n) is 5.40. The lowest BCUT2D eigenvalue weighted by Gasteiger charge is -2.34. The predicted octanol–water partition coefficient (Wildman–Crippen LogP) is 3.64. The number of rotatable bonds is 4. The molecule has 0 radical (unpaired) electrons. The van der Waals surface area contributed by atoms with Gasteiger partial charge in [0, 0.05) is 23.3 Å². The number of nitrogens with zero attached hydrogens (tertiary/aromatic N) is 5. The quantitative estimate of drug-likeness (QED) is 0.795. The fraction of sp³-hybridized carbons (Fsp3) is 0.444. The number of hydrogen-bond donors (Lipinski definition) is 1. The van der Waals surface area contributed by atoms with Gasteiger partial charge in [0.05, 0.1) is 29.9 Å². The van der Waals surface area contributed by atoms with Crippen LogP contribution in [0.15, 0.2) is 31.0 Å². The highest BCUT2D eigenvalue weighted by Crippen LogP contribution is 2.41. The lowest BCUT2D eigenvalue weighted by atomic mass is 9.82. The van der Waals surface area contributed by atoms with E-state index in [1.54, 1.807) is 6.33 Å². The van der Waals surface area contributed by atoms with Gasteiger partial charge in [-0.05, 0) is 31.7 Å². The zero-order valence-electron chi connectivity index (χ0n) is 13.7. The van der Waals surface area contributed by atoms with Crippen LogP contribution in [0.3, 0.4) is 0 Å². The summed E-state index contributed by atoms with van der Waals surface area (Å²) in [4.78, 5) is 11.8. The van der Waals surface area contributed by atoms with Crippen molar-refractivity contribution in [1.82, 2.24) is 24.7 Å². The van der Waals surface area contributed by atoms with Crippen LogP contribution in [0, 0.1) is 17.2 Å². The second kappa shape index (κ2) is 5.75. The van der Waals surface area contributed by atoms with E-state index < -0.39 is 0 Å². The number of nitriles is 1. The van der Waals surface area contributed by atoms with Gasteiger partial charge in [-0.1, -0.05) is 12.8 Å². The molecule has 3 heterocycles. The molecule has 1 aliphatic carbocycles. The number of fused-ring (bicyclic) bond motifs is 1. The van der Waals surface area contributed by atoms with Gasteiger partial charge in [0.2, 0.25) is 0 Å². The lowest BCUT2D eigenvalue weighted by Crippen LogP contribution is -2.37. The molecule has 0 spiro atoms. The van der Waals surface area contributed by atoms with E-state index in [9.17, 15) is 5.26 Å². The van der Waals surface area contributed by atoms with Crippen molar-refractivity contribution in [3.8, 4) is 17.3 Å². The molecule has 0 aliphatic heterocycles. The minimum absolute atomic E-state index is 0.256. The lowest BCUT2D eigenvalue weighted by molar-refractivity contribution is 0.178. The second-order valence-electron chi connectivity index (χ2n) is 6.81. The molecular formula is C18H20N6. The first-order valence-electron chi connectivity index (χ1n) is 8.43. The molecule has 0 bridgehead atoms. The molecule has 1 aliphatic rings. The van der Waals surface area contributed by atoms with E-state index in [1.165, 1.54) is 25.7 Å². The van der Waals surface area contributed by atoms with E-state index in [2.05, 4.69) is 33.0 Å². The molecule has 1 fully saturated rings. The Morgan fingerprint density at radius 2 is 2.21 bits per heavy atom. The molecule has 24 heavy (non-hydrogen) atoms. The highest BCUT2D eigenvalue weighted by Gasteiger charge is 2.38. The molecule has 122 valence electrons. The molecule has 0 amide bonds. The molecule has 4 rings (SSSR count). The van der Waals surface area contributed by atoms with Gasteiger partial charge < -0.3 is 4.98 Å². The van der Waals surface area contributed by atoms with Crippen molar-refractivity contribution in [1.29, 1.82) is 5.26 Å². The molecule has 1 atom stereocenters. The Hall–Kier alpha value is -2.68. The maximum Gasteiger partial charge on any atom is 0.141 e. The van der Waals surface area contributed by atoms with Crippen LogP contribution in [0.4, 0.5) is 0 Å². The van der Waals surface area contributed by atoms with Crippen molar-refractivity contribution >= 4 is 11.0 Å². The summed E-state index contributed by atoms with van der Waals surface area (Å²) in [5.74, 6) is 0.502. The molecule has 0 saturated heterocycles. The normalized spacial score (nSPS) is 17.8. The Kier molecular flexibility index (Phi) is 3.57. The van der Waals surface area contributed by atoms with Gasteiger partial charge in [-0.2, -0.15) is 10.4 Å². The summed E-state index contributed by atoms with van der Waals surface area (Å²) in [6.45, 7) is 2.16. The standard InChI is InChI=1S/C18H20N6/c1-18(7-8-19,14-4-2-3-5-14)24-11-13(10-23-24)16-15-6-9-20-17(15)22-12-21-16/h6,9-12,14H,2-5,7H2,1H3,(H,20,21,22)/t18-/m1/s1. The average Bonchev–Trinajstić information content (AvgIpc) is 3.34. The third-order valence-corrected chi connectivity index (χ3v) is 5.40. The molecule has 6 heteroatoms. The van der Waals surface area contributed by atoms with E-state index in [0.29, 0.717) is 12.3 Å². The Bertz CT molecular complexity index is 896. The number of aromatic nitrogens is 5. The van der Waals surface area contributed by atoms with Gasteiger partial charge in [-0.15, -0.1) is 0 Å². The van der Waals surface area contributed by atoms with E-state index in [4.69, 9.17) is 0 Å². The molecule has 1 N–H and O–H groups in total. The third kappa shape index (κ3) is 2.28. The van der Waals surface area contributed by atoms with E-state index >= 15 is 0 Å². The van der Waals surface area contributed by atoms with Crippen LogP contribution in [-0.2, 0) is 5.54 Å². The summed E-state index contributed by atoms with van der Waals surface area (Å²) in [5.41, 5.74) is 2.40. The number of aromatic amines is 1. The number of hydrogen-bond acceptors (Lipinski definition) is 4. The Labute approximate surface area is 140 Å². The predicted molar refractivity (Wildman–Crippen MR) is 90.9 cm³/mol. The van der Waals surface area contributed by atoms with Gasteiger partial charge in [0.25, 0.3) is 0 Å². The van der Waals surface area contributed by atoms with Crippen LogP contribution in [0.2, 0.25) is 0 Å². The summed E-state index contributed by atoms with van der Waals surface area (Å²) in [5, 5.41) is 14.9. The molecule has 3 aromatic heterocycles. The fourth-order valence-corrected chi connectivity index (χ4v) is 3.95. The zero-order chi connectivity index (χ0) is 16.6. The second-order valence-corrected chi connectivity index (χ2v) is 6.81. The smallest absolute Gasteiger partial charge is 0.141 e. The van der Waals surface area contributed by atoms with Gasteiger partial charge in [0.15, 0.2) is 0 Å². The number of H-pyrrole nitrogens is 1. The van der Waals surface area contributed by atoms with Crippen molar-refractivity contribution < 1.29 is 0 Å². The first kappa shape index (κ1) is 14.9. The Morgan fingerprint density at radius 1 is 1.38 bits per heavy atom. The fourth-order valence-electron chi connectivity index (χ4n) is 3.95. The summed E-state index contributed by atoms with van der Waals surface area (Å²) in [6.07, 6.45) is 12.6. The highest BCUT2D eigenvalue weighted by molar-refractivity contribution is 5.89. The van der Waals surface area contributed by atoms with Crippen molar-refractivity contribution in [3.63, 3.8) is 0 Å². The van der Waals surface area contributed by atoms with Crippen LogP contribution in [-0.4, -0.2) is 24.7 Å². The molecule has 3 aromatic rings. The molecule has 6 nitrogen and oxygen atoms in total. The van der Waals surface area contributed by atoms with Crippen LogP contribution < -0.4 is 0 Å². The summed E-state index contributed by atoms with van der Waals surface area (Å²) >= 11 is 0. The average molecular weight is 320 g/mol. The van der Waals surface area contributed by atoms with Crippen molar-refractivity contribution in [2.24, 2.45) is 5.92 Å². The summed E-state index contributed by atoms with van der Waals surface area (Å²) < 4.78 is 1.99. The summed E-state index contributed by atoms with van der Waals surface area (Å²) in [7, 11) is 0. The largest absolute Gasteiger partial charge is 0.346 e. The van der Waals surface area contributed by atoms with Crippen LogP contribution in [0.1, 0.15) is 39.0 Å². The molecule has 1 saturated carbocycles. The zero-order valence-corrected chi connectivity index (χ0v) is 13.7. The first-order valence-corrected chi connectivity index (χ1v) is 8.43. The monoisotopic (exact) mass is 320 g/mol. The van der Waals surface area contributed by atoms with Crippen molar-refractivity contribution in [2.75, 3.05) is 0 Å². The van der Waals surface area contributed by atoms with Crippen LogP contribution >= 0.6 is 0 Å². The van der Waals surface area contributed by atoms with E-state index in [0.717, 1.165) is 22.3 Å². The van der Waals surface area contributed by atoms with Gasteiger partial charge >= 0.3 is 0 Å². The Morgan fingerprint density at radius 3 is 3.00 bits per heavy atom. The van der Waals surface area contributed by atoms with Gasteiger partial charge in [0.1, 0.15) is 12.0 Å². The van der Waals surface area contributed by atoms with E-state index in [-0.39, 0.29) is 5.54 Å². The van der Waals surface area contributed by atoms with Crippen LogP contribution in [0.25, 0.3) is 22.3 Å². The molecule has 0 aromatic carbocycles. The minimum Gasteiger partial charge on any atom is -0.346 e. The maximum atomic E-state index is 9.35. The summed E-state index contributed by atoms with van der Waals surface area (Å²) in [6, 6.07) is 4.35. The highest BCUT2D eigenvalue weighted by atomic mass is 15.3. The van der Waals surface area contributed by atoms with Crippen LogP contribution in [0.5, 0.6) is 0 Å². The SMILES string of the molecule is C[C@@](CC#N)(C1CCCC1)n1cc(-c2ncnc3[nH]ccc23)cn1. The molecule has 0 unspecified atom stereocenters. The van der Waals surface area contributed by atoms with Gasteiger partial charge in [-0.3, -0.25) is 4.68 Å². The Balaban J connectivity index is 1.76. The number of nitrogens with one attached hydrogen (secondary N) is 1. The van der Waals surface area contributed by atoms with E-state index in [1.807, 2.05) is 29.3 Å². The minimum atomic E-state index is -0.256. The topological polar surface area (TPSA) is 83.2 Å². The first-order chi connectivity index (χ1) is 11.7.